The van der Waals surface area contributed by atoms with Gasteiger partial charge in [0.05, 0.1) is 11.4 Å². The number of aromatic nitrogens is 4. The minimum atomic E-state index is -0.304. The molecule has 0 radical (unpaired) electrons. The molecule has 4 aromatic rings. The number of hydrogen-bond donors (Lipinski definition) is 0. The van der Waals surface area contributed by atoms with E-state index < -0.39 is 0 Å². The lowest BCUT2D eigenvalue weighted by atomic mass is 10.0. The van der Waals surface area contributed by atoms with Crippen LogP contribution >= 0.6 is 0 Å². The maximum Gasteiger partial charge on any atom is 0.243 e. The van der Waals surface area contributed by atoms with Crippen molar-refractivity contribution in [1.82, 2.24) is 20.3 Å². The van der Waals surface area contributed by atoms with Gasteiger partial charge in [0, 0.05) is 11.1 Å². The second-order valence-corrected chi connectivity index (χ2v) is 4.71. The number of nitrogens with zero attached hydrogens (tertiary/aromatic N) is 4. The molecule has 4 rings (SSSR count). The molecule has 0 atom stereocenters. The van der Waals surface area contributed by atoms with E-state index in [0.717, 1.165) is 11.1 Å². The molecule has 2 aromatic carbocycles. The van der Waals surface area contributed by atoms with Crippen LogP contribution in [-0.2, 0) is 0 Å². The highest BCUT2D eigenvalue weighted by molar-refractivity contribution is 5.82. The van der Waals surface area contributed by atoms with Gasteiger partial charge in [0.1, 0.15) is 5.82 Å². The molecule has 0 aliphatic carbocycles. The van der Waals surface area contributed by atoms with Gasteiger partial charge in [-0.2, -0.15) is 0 Å². The molecule has 106 valence electrons. The summed E-state index contributed by atoms with van der Waals surface area (Å²) in [4.78, 5) is 8.94. The molecule has 22 heavy (non-hydrogen) atoms. The molecule has 0 saturated heterocycles. The first kappa shape index (κ1) is 12.6. The average molecular weight is 292 g/mol. The van der Waals surface area contributed by atoms with E-state index in [1.807, 2.05) is 30.3 Å². The SMILES string of the molecule is Fc1ccc(-c2nc3nonc3nc2-c2ccccc2)cc1. The van der Waals surface area contributed by atoms with Crippen LogP contribution in [0.3, 0.4) is 0 Å². The van der Waals surface area contributed by atoms with Crippen molar-refractivity contribution in [1.29, 1.82) is 0 Å². The quantitative estimate of drug-likeness (QED) is 0.566. The molecule has 0 fully saturated rings. The van der Waals surface area contributed by atoms with Gasteiger partial charge in [-0.1, -0.05) is 30.3 Å². The van der Waals surface area contributed by atoms with E-state index in [-0.39, 0.29) is 5.82 Å². The van der Waals surface area contributed by atoms with Crippen molar-refractivity contribution in [3.05, 3.63) is 60.4 Å². The molecule has 0 aliphatic rings. The van der Waals surface area contributed by atoms with Crippen molar-refractivity contribution in [2.75, 3.05) is 0 Å². The van der Waals surface area contributed by atoms with Gasteiger partial charge in [0.25, 0.3) is 0 Å². The predicted molar refractivity (Wildman–Crippen MR) is 78.2 cm³/mol. The standard InChI is InChI=1S/C16H9FN4O/c17-12-8-6-11(7-9-12)14-13(10-4-2-1-3-5-10)18-15-16(19-14)21-22-20-15/h1-9H. The maximum atomic E-state index is 13.2. The number of halogens is 1. The Balaban J connectivity index is 2.00. The smallest absolute Gasteiger partial charge is 0.240 e. The third-order valence-electron chi connectivity index (χ3n) is 3.28. The Morgan fingerprint density at radius 2 is 1.23 bits per heavy atom. The lowest BCUT2D eigenvalue weighted by Gasteiger charge is -2.07. The zero-order valence-electron chi connectivity index (χ0n) is 11.3. The van der Waals surface area contributed by atoms with Crippen molar-refractivity contribution < 1.29 is 9.02 Å². The van der Waals surface area contributed by atoms with Gasteiger partial charge in [-0.25, -0.2) is 19.0 Å². The Labute approximate surface area is 124 Å². The van der Waals surface area contributed by atoms with Crippen LogP contribution in [0.4, 0.5) is 4.39 Å². The van der Waals surface area contributed by atoms with Gasteiger partial charge in [-0.15, -0.1) is 0 Å². The fourth-order valence-corrected chi connectivity index (χ4v) is 2.24. The lowest BCUT2D eigenvalue weighted by Crippen LogP contribution is -1.95. The number of fused-ring (bicyclic) bond motifs is 1. The maximum absolute atomic E-state index is 13.2. The van der Waals surface area contributed by atoms with Crippen molar-refractivity contribution in [3.63, 3.8) is 0 Å². The summed E-state index contributed by atoms with van der Waals surface area (Å²) in [6, 6.07) is 15.7. The summed E-state index contributed by atoms with van der Waals surface area (Å²) >= 11 is 0. The first-order chi connectivity index (χ1) is 10.8. The largest absolute Gasteiger partial charge is 0.243 e. The highest BCUT2D eigenvalue weighted by atomic mass is 19.1. The van der Waals surface area contributed by atoms with E-state index in [1.165, 1.54) is 12.1 Å². The monoisotopic (exact) mass is 292 g/mol. The van der Waals surface area contributed by atoms with Crippen LogP contribution < -0.4 is 0 Å². The van der Waals surface area contributed by atoms with Crippen LogP contribution in [-0.4, -0.2) is 20.3 Å². The van der Waals surface area contributed by atoms with Gasteiger partial charge < -0.3 is 0 Å². The van der Waals surface area contributed by atoms with E-state index in [4.69, 9.17) is 0 Å². The van der Waals surface area contributed by atoms with Crippen LogP contribution in [0.15, 0.2) is 59.2 Å². The third-order valence-corrected chi connectivity index (χ3v) is 3.28. The molecule has 0 N–H and O–H groups in total. The Kier molecular flexibility index (Phi) is 2.86. The normalized spacial score (nSPS) is 11.0. The Morgan fingerprint density at radius 3 is 1.82 bits per heavy atom. The van der Waals surface area contributed by atoms with Gasteiger partial charge in [-0.3, -0.25) is 0 Å². The van der Waals surface area contributed by atoms with Gasteiger partial charge in [0.15, 0.2) is 0 Å². The van der Waals surface area contributed by atoms with Crippen molar-refractivity contribution in [2.24, 2.45) is 0 Å². The Hall–Kier alpha value is -3.15. The van der Waals surface area contributed by atoms with Gasteiger partial charge in [0.2, 0.25) is 11.3 Å². The molecule has 0 unspecified atom stereocenters. The molecule has 0 saturated carbocycles. The highest BCUT2D eigenvalue weighted by Gasteiger charge is 2.15. The topological polar surface area (TPSA) is 64.7 Å². The van der Waals surface area contributed by atoms with Gasteiger partial charge >= 0.3 is 0 Å². The molecule has 5 nitrogen and oxygen atoms in total. The van der Waals surface area contributed by atoms with Crippen molar-refractivity contribution >= 4 is 11.3 Å². The molecular weight excluding hydrogens is 283 g/mol. The first-order valence-corrected chi connectivity index (χ1v) is 6.63. The molecular formula is C16H9FN4O. The van der Waals surface area contributed by atoms with Gasteiger partial charge in [-0.05, 0) is 34.6 Å². The summed E-state index contributed by atoms with van der Waals surface area (Å²) in [7, 11) is 0. The first-order valence-electron chi connectivity index (χ1n) is 6.63. The fraction of sp³-hybridized carbons (Fsp3) is 0. The summed E-state index contributed by atoms with van der Waals surface area (Å²) in [5.74, 6) is -0.304. The predicted octanol–water partition coefficient (Wildman–Crippen LogP) is 3.49. The van der Waals surface area contributed by atoms with E-state index in [9.17, 15) is 4.39 Å². The molecule has 6 heteroatoms. The van der Waals surface area contributed by atoms with E-state index >= 15 is 0 Å². The molecule has 2 heterocycles. The fourth-order valence-electron chi connectivity index (χ4n) is 2.24. The second-order valence-electron chi connectivity index (χ2n) is 4.71. The molecule has 0 aliphatic heterocycles. The van der Waals surface area contributed by atoms with Crippen LogP contribution in [0.5, 0.6) is 0 Å². The highest BCUT2D eigenvalue weighted by Crippen LogP contribution is 2.30. The van der Waals surface area contributed by atoms with Crippen molar-refractivity contribution in [2.45, 2.75) is 0 Å². The lowest BCUT2D eigenvalue weighted by molar-refractivity contribution is 0.314. The molecule has 0 spiro atoms. The Morgan fingerprint density at radius 1 is 0.682 bits per heavy atom. The molecule has 0 amide bonds. The summed E-state index contributed by atoms with van der Waals surface area (Å²) < 4.78 is 17.8. The van der Waals surface area contributed by atoms with E-state index in [0.29, 0.717) is 22.7 Å². The van der Waals surface area contributed by atoms with Crippen LogP contribution in [0.2, 0.25) is 0 Å². The van der Waals surface area contributed by atoms with E-state index in [2.05, 4.69) is 24.9 Å². The summed E-state index contributed by atoms with van der Waals surface area (Å²) in [6.45, 7) is 0. The number of rotatable bonds is 2. The zero-order chi connectivity index (χ0) is 14.9. The minimum Gasteiger partial charge on any atom is -0.240 e. The minimum absolute atomic E-state index is 0.304. The molecule has 0 bridgehead atoms. The number of hydrogen-bond acceptors (Lipinski definition) is 5. The zero-order valence-corrected chi connectivity index (χ0v) is 11.3. The molecule has 2 aromatic heterocycles. The van der Waals surface area contributed by atoms with Crippen LogP contribution in [0.25, 0.3) is 33.8 Å². The second kappa shape index (κ2) is 5.00. The van der Waals surface area contributed by atoms with Crippen LogP contribution in [0.1, 0.15) is 0 Å². The summed E-state index contributed by atoms with van der Waals surface area (Å²) in [5, 5.41) is 7.46. The average Bonchev–Trinajstić information content (AvgIpc) is 3.03. The van der Waals surface area contributed by atoms with E-state index in [1.54, 1.807) is 12.1 Å². The van der Waals surface area contributed by atoms with Crippen LogP contribution in [0, 0.1) is 5.82 Å². The van der Waals surface area contributed by atoms with Crippen molar-refractivity contribution in [3.8, 4) is 22.5 Å². The Bertz CT molecular complexity index is 935. The third kappa shape index (κ3) is 2.10. The number of benzene rings is 2. The summed E-state index contributed by atoms with van der Waals surface area (Å²) in [5.41, 5.74) is 3.55. The summed E-state index contributed by atoms with van der Waals surface area (Å²) in [6.07, 6.45) is 0.